The van der Waals surface area contributed by atoms with Crippen molar-refractivity contribution in [1.82, 2.24) is 14.2 Å². The molecule has 0 saturated carbocycles. The maximum atomic E-state index is 13.9. The van der Waals surface area contributed by atoms with Gasteiger partial charge in [-0.3, -0.25) is 4.79 Å². The average Bonchev–Trinajstić information content (AvgIpc) is 3.35. The zero-order chi connectivity index (χ0) is 30.2. The van der Waals surface area contributed by atoms with Gasteiger partial charge in [0.05, 0.1) is 24.2 Å². The molecule has 4 aromatic carbocycles. The molecule has 0 aliphatic rings. The van der Waals surface area contributed by atoms with Crippen LogP contribution in [0.3, 0.4) is 0 Å². The van der Waals surface area contributed by atoms with E-state index < -0.39 is 0 Å². The molecule has 0 unspecified atom stereocenters. The summed E-state index contributed by atoms with van der Waals surface area (Å²) >= 11 is 12.6. The average molecular weight is 610 g/mol. The molecule has 0 atom stereocenters. The summed E-state index contributed by atoms with van der Waals surface area (Å²) in [7, 11) is 1.67. The number of nitrogens with zero attached hydrogens (tertiary/aromatic N) is 4. The molecule has 216 valence electrons. The Morgan fingerprint density at radius 3 is 2.47 bits per heavy atom. The molecule has 6 rings (SSSR count). The number of para-hydroxylation sites is 2. The molecule has 6 aromatic rings. The Balaban J connectivity index is 1.52. The van der Waals surface area contributed by atoms with Gasteiger partial charge in [0.25, 0.3) is 5.56 Å². The third-order valence-corrected chi connectivity index (χ3v) is 8.27. The van der Waals surface area contributed by atoms with E-state index in [-0.39, 0.29) is 11.5 Å². The lowest BCUT2D eigenvalue weighted by Crippen LogP contribution is -2.20. The van der Waals surface area contributed by atoms with Gasteiger partial charge >= 0.3 is 0 Å². The molecule has 0 aliphatic carbocycles. The lowest BCUT2D eigenvalue weighted by Gasteiger charge is -2.17. The summed E-state index contributed by atoms with van der Waals surface area (Å²) in [5.74, 6) is 1.49. The van der Waals surface area contributed by atoms with Crippen molar-refractivity contribution < 1.29 is 4.74 Å². The van der Waals surface area contributed by atoms with E-state index in [1.165, 1.54) is 4.68 Å². The van der Waals surface area contributed by atoms with Gasteiger partial charge in [-0.15, -0.1) is 0 Å². The smallest absolute Gasteiger partial charge is 0.282 e. The number of aromatic nitrogens is 3. The van der Waals surface area contributed by atoms with Crippen LogP contribution in [-0.2, 0) is 6.54 Å². The highest BCUT2D eigenvalue weighted by Crippen LogP contribution is 2.34. The second-order valence-electron chi connectivity index (χ2n) is 10.8. The highest BCUT2D eigenvalue weighted by atomic mass is 35.5. The standard InChI is InChI=1S/C35H30Cl2N4O2/c1-21(2)28-17-29(22(3)15-33(28)43-4)34-39-31-11-7-5-10-27(31)35(42)41(34)38-18-24-20-40(32-12-8-6-9-26(24)32)19-23-13-14-25(36)16-30(23)37/h5-18,20-21H,19H2,1-4H3. The molecule has 0 aliphatic heterocycles. The van der Waals surface area contributed by atoms with Crippen LogP contribution in [0.4, 0.5) is 0 Å². The van der Waals surface area contributed by atoms with Gasteiger partial charge in [0, 0.05) is 44.8 Å². The third-order valence-electron chi connectivity index (χ3n) is 7.68. The summed E-state index contributed by atoms with van der Waals surface area (Å²) in [5, 5.41) is 7.49. The van der Waals surface area contributed by atoms with Gasteiger partial charge < -0.3 is 9.30 Å². The lowest BCUT2D eigenvalue weighted by molar-refractivity contribution is 0.407. The minimum Gasteiger partial charge on any atom is -0.496 e. The first-order valence-corrected chi connectivity index (χ1v) is 14.8. The van der Waals surface area contributed by atoms with Crippen molar-refractivity contribution in [3.63, 3.8) is 0 Å². The maximum Gasteiger partial charge on any atom is 0.282 e. The van der Waals surface area contributed by atoms with Gasteiger partial charge in [0.2, 0.25) is 0 Å². The van der Waals surface area contributed by atoms with Crippen LogP contribution in [0.1, 0.15) is 42.0 Å². The number of fused-ring (bicyclic) bond motifs is 2. The van der Waals surface area contributed by atoms with Gasteiger partial charge in [-0.05, 0) is 72.0 Å². The second-order valence-corrected chi connectivity index (χ2v) is 11.7. The molecular formula is C35H30Cl2N4O2. The van der Waals surface area contributed by atoms with Crippen LogP contribution in [0.25, 0.3) is 33.2 Å². The molecule has 0 amide bonds. The summed E-state index contributed by atoms with van der Waals surface area (Å²) in [4.78, 5) is 18.9. The van der Waals surface area contributed by atoms with E-state index in [4.69, 9.17) is 38.0 Å². The fourth-order valence-electron chi connectivity index (χ4n) is 5.43. The number of rotatable bonds is 7. The summed E-state index contributed by atoms with van der Waals surface area (Å²) in [6, 6.07) is 25.0. The number of methoxy groups -OCH3 is 1. The van der Waals surface area contributed by atoms with Crippen molar-refractivity contribution in [2.45, 2.75) is 33.2 Å². The Morgan fingerprint density at radius 1 is 0.977 bits per heavy atom. The van der Waals surface area contributed by atoms with Gasteiger partial charge in [-0.2, -0.15) is 9.78 Å². The van der Waals surface area contributed by atoms with Crippen LogP contribution in [0, 0.1) is 6.92 Å². The molecule has 0 saturated heterocycles. The molecule has 8 heteroatoms. The van der Waals surface area contributed by atoms with E-state index in [0.29, 0.717) is 33.3 Å². The Bertz CT molecular complexity index is 2090. The Kier molecular flexibility index (Phi) is 7.82. The summed E-state index contributed by atoms with van der Waals surface area (Å²) < 4.78 is 9.20. The fourth-order valence-corrected chi connectivity index (χ4v) is 5.90. The molecule has 2 aromatic heterocycles. The predicted molar refractivity (Wildman–Crippen MR) is 177 cm³/mol. The SMILES string of the molecule is COc1cc(C)c(-c2nc3ccccc3c(=O)n2N=Cc2cn(Cc3ccc(Cl)cc3Cl)c3ccccc23)cc1C(C)C. The Hall–Kier alpha value is -4.39. The van der Waals surface area contributed by atoms with Crippen LogP contribution in [0.15, 0.2) is 95.0 Å². The van der Waals surface area contributed by atoms with Crippen LogP contribution in [-0.4, -0.2) is 27.6 Å². The van der Waals surface area contributed by atoms with E-state index in [1.54, 1.807) is 25.5 Å². The van der Waals surface area contributed by atoms with Crippen molar-refractivity contribution in [2.75, 3.05) is 7.11 Å². The van der Waals surface area contributed by atoms with E-state index in [2.05, 4.69) is 30.5 Å². The zero-order valence-electron chi connectivity index (χ0n) is 24.3. The van der Waals surface area contributed by atoms with Crippen LogP contribution >= 0.6 is 23.2 Å². The number of ether oxygens (including phenoxy) is 1. The van der Waals surface area contributed by atoms with Crippen molar-refractivity contribution in [3.8, 4) is 17.1 Å². The Morgan fingerprint density at radius 2 is 1.72 bits per heavy atom. The molecular weight excluding hydrogens is 579 g/mol. The zero-order valence-corrected chi connectivity index (χ0v) is 25.8. The predicted octanol–water partition coefficient (Wildman–Crippen LogP) is 8.70. The maximum absolute atomic E-state index is 13.9. The minimum atomic E-state index is -0.241. The number of halogens is 2. The van der Waals surface area contributed by atoms with Crippen LogP contribution in [0.5, 0.6) is 5.75 Å². The normalized spacial score (nSPS) is 11.8. The molecule has 6 nitrogen and oxygen atoms in total. The quantitative estimate of drug-likeness (QED) is 0.170. The van der Waals surface area contributed by atoms with E-state index in [9.17, 15) is 4.79 Å². The van der Waals surface area contributed by atoms with Crippen molar-refractivity contribution >= 4 is 51.2 Å². The molecule has 2 heterocycles. The van der Waals surface area contributed by atoms with Crippen molar-refractivity contribution in [1.29, 1.82) is 0 Å². The van der Waals surface area contributed by atoms with E-state index >= 15 is 0 Å². The largest absolute Gasteiger partial charge is 0.496 e. The second kappa shape index (κ2) is 11.7. The molecule has 0 fully saturated rings. The first-order chi connectivity index (χ1) is 20.7. The van der Waals surface area contributed by atoms with Crippen molar-refractivity contribution in [3.05, 3.63) is 128 Å². The lowest BCUT2D eigenvalue weighted by atomic mass is 9.96. The first-order valence-electron chi connectivity index (χ1n) is 14.0. The van der Waals surface area contributed by atoms with E-state index in [0.717, 1.165) is 44.5 Å². The monoisotopic (exact) mass is 608 g/mol. The molecule has 0 N–H and O–H groups in total. The van der Waals surface area contributed by atoms with Crippen molar-refractivity contribution in [2.24, 2.45) is 5.10 Å². The minimum absolute atomic E-state index is 0.207. The van der Waals surface area contributed by atoms with Gasteiger partial charge in [-0.1, -0.05) is 73.4 Å². The third kappa shape index (κ3) is 5.44. The summed E-state index contributed by atoms with van der Waals surface area (Å²) in [6.45, 7) is 6.77. The van der Waals surface area contributed by atoms with Gasteiger partial charge in [0.1, 0.15) is 5.75 Å². The number of hydrogen-bond donors (Lipinski definition) is 0. The molecule has 0 spiro atoms. The van der Waals surface area contributed by atoms with Crippen LogP contribution < -0.4 is 10.3 Å². The summed E-state index contributed by atoms with van der Waals surface area (Å²) in [5.41, 5.74) is 6.00. The van der Waals surface area contributed by atoms with Crippen LogP contribution in [0.2, 0.25) is 10.0 Å². The number of aryl methyl sites for hydroxylation is 1. The topological polar surface area (TPSA) is 61.4 Å². The number of benzene rings is 4. The molecule has 0 bridgehead atoms. The highest BCUT2D eigenvalue weighted by Gasteiger charge is 2.19. The van der Waals surface area contributed by atoms with Gasteiger partial charge in [-0.25, -0.2) is 4.98 Å². The van der Waals surface area contributed by atoms with E-state index in [1.807, 2.05) is 67.7 Å². The van der Waals surface area contributed by atoms with Gasteiger partial charge in [0.15, 0.2) is 5.82 Å². The first kappa shape index (κ1) is 28.7. The molecule has 43 heavy (non-hydrogen) atoms. The fraction of sp³-hybridized carbons (Fsp3) is 0.171. The summed E-state index contributed by atoms with van der Waals surface area (Å²) in [6.07, 6.45) is 3.75. The highest BCUT2D eigenvalue weighted by molar-refractivity contribution is 6.35. The molecule has 0 radical (unpaired) electrons. The Labute approximate surface area is 259 Å². The number of hydrogen-bond acceptors (Lipinski definition) is 4.